The number of carbonyl (C=O) groups is 1. The molecule has 0 spiro atoms. The Hall–Kier alpha value is -2.04. The third-order valence-corrected chi connectivity index (χ3v) is 1.70. The monoisotopic (exact) mass is 188 g/mol. The van der Waals surface area contributed by atoms with Crippen molar-refractivity contribution in [3.05, 3.63) is 36.1 Å². The molecular weight excluding hydrogens is 180 g/mol. The van der Waals surface area contributed by atoms with Crippen LogP contribution in [0.5, 0.6) is 0 Å². The molecule has 5 nitrogen and oxygen atoms in total. The Kier molecular flexibility index (Phi) is 2.31. The Bertz CT molecular complexity index is 397. The first-order valence-electron chi connectivity index (χ1n) is 4.13. The average molecular weight is 188 g/mol. The topological polar surface area (TPSA) is 67.2 Å². The van der Waals surface area contributed by atoms with Crippen molar-refractivity contribution < 1.29 is 4.79 Å². The molecule has 0 saturated carbocycles. The number of hydrogen-bond acceptors (Lipinski definition) is 4. The van der Waals surface area contributed by atoms with Crippen LogP contribution in [0.4, 0.5) is 0 Å². The third kappa shape index (κ3) is 1.82. The standard InChI is InChI=1S/C9H8N4O/c14-9(8-6-11-3-4-12-8)13-7-1-2-10-5-7/h1,3-6H,2H2,(H,13,14). The number of amides is 1. The summed E-state index contributed by atoms with van der Waals surface area (Å²) < 4.78 is 0. The lowest BCUT2D eigenvalue weighted by Crippen LogP contribution is -2.23. The van der Waals surface area contributed by atoms with Crippen molar-refractivity contribution in [3.63, 3.8) is 0 Å². The van der Waals surface area contributed by atoms with Crippen LogP contribution in [0, 0.1) is 0 Å². The van der Waals surface area contributed by atoms with E-state index < -0.39 is 0 Å². The van der Waals surface area contributed by atoms with Gasteiger partial charge in [-0.05, 0) is 6.08 Å². The first kappa shape index (κ1) is 8.55. The molecule has 2 rings (SSSR count). The van der Waals surface area contributed by atoms with Gasteiger partial charge in [-0.1, -0.05) is 0 Å². The van der Waals surface area contributed by atoms with Crippen LogP contribution in [0.15, 0.2) is 35.4 Å². The number of nitrogens with one attached hydrogen (secondary N) is 1. The summed E-state index contributed by atoms with van der Waals surface area (Å²) in [6, 6.07) is 0. The third-order valence-electron chi connectivity index (χ3n) is 1.70. The fourth-order valence-corrected chi connectivity index (χ4v) is 1.05. The van der Waals surface area contributed by atoms with Gasteiger partial charge in [-0.25, -0.2) is 4.98 Å². The second-order valence-electron chi connectivity index (χ2n) is 2.70. The highest BCUT2D eigenvalue weighted by atomic mass is 16.1. The van der Waals surface area contributed by atoms with Crippen molar-refractivity contribution in [2.45, 2.75) is 0 Å². The van der Waals surface area contributed by atoms with Gasteiger partial charge in [0, 0.05) is 18.6 Å². The highest BCUT2D eigenvalue weighted by Crippen LogP contribution is 1.97. The first-order chi connectivity index (χ1) is 6.86. The molecule has 0 atom stereocenters. The van der Waals surface area contributed by atoms with Gasteiger partial charge in [-0.3, -0.25) is 14.8 Å². The summed E-state index contributed by atoms with van der Waals surface area (Å²) in [5, 5.41) is 2.67. The largest absolute Gasteiger partial charge is 0.319 e. The van der Waals surface area contributed by atoms with E-state index in [0.29, 0.717) is 17.9 Å². The maximum Gasteiger partial charge on any atom is 0.275 e. The molecule has 0 unspecified atom stereocenters. The lowest BCUT2D eigenvalue weighted by atomic mass is 10.4. The minimum atomic E-state index is -0.266. The van der Waals surface area contributed by atoms with Crippen LogP contribution in [0.2, 0.25) is 0 Å². The van der Waals surface area contributed by atoms with Gasteiger partial charge in [-0.2, -0.15) is 0 Å². The zero-order chi connectivity index (χ0) is 9.80. The van der Waals surface area contributed by atoms with Gasteiger partial charge >= 0.3 is 0 Å². The van der Waals surface area contributed by atoms with Gasteiger partial charge in [0.15, 0.2) is 0 Å². The molecule has 1 aromatic rings. The van der Waals surface area contributed by atoms with Gasteiger partial charge in [0.05, 0.1) is 18.4 Å². The van der Waals surface area contributed by atoms with Crippen molar-refractivity contribution in [2.24, 2.45) is 4.99 Å². The van der Waals surface area contributed by atoms with E-state index in [4.69, 9.17) is 0 Å². The molecule has 5 heteroatoms. The summed E-state index contributed by atoms with van der Waals surface area (Å²) in [5.41, 5.74) is 1.01. The lowest BCUT2D eigenvalue weighted by molar-refractivity contribution is 0.0963. The number of hydrogen-bond donors (Lipinski definition) is 1. The minimum Gasteiger partial charge on any atom is -0.319 e. The molecule has 0 bridgehead atoms. The van der Waals surface area contributed by atoms with Crippen LogP contribution >= 0.6 is 0 Å². The van der Waals surface area contributed by atoms with Crippen LogP contribution in [-0.2, 0) is 0 Å². The second kappa shape index (κ2) is 3.78. The summed E-state index contributed by atoms with van der Waals surface area (Å²) in [4.78, 5) is 23.1. The Morgan fingerprint density at radius 2 is 2.36 bits per heavy atom. The highest BCUT2D eigenvalue weighted by Gasteiger charge is 2.08. The van der Waals surface area contributed by atoms with Gasteiger partial charge in [-0.15, -0.1) is 0 Å². The zero-order valence-corrected chi connectivity index (χ0v) is 7.34. The normalized spacial score (nSPS) is 13.9. The maximum atomic E-state index is 11.5. The molecule has 1 aromatic heterocycles. The molecule has 0 saturated heterocycles. The maximum absolute atomic E-state index is 11.5. The van der Waals surface area contributed by atoms with Crippen molar-refractivity contribution in [2.75, 3.05) is 6.54 Å². The fraction of sp³-hybridized carbons (Fsp3) is 0.111. The van der Waals surface area contributed by atoms with Crippen LogP contribution in [0.1, 0.15) is 10.5 Å². The average Bonchev–Trinajstić information content (AvgIpc) is 2.72. The Morgan fingerprint density at radius 1 is 1.43 bits per heavy atom. The molecule has 70 valence electrons. The molecule has 1 aliphatic heterocycles. The summed E-state index contributed by atoms with van der Waals surface area (Å²) in [6.07, 6.45) is 7.86. The Balaban J connectivity index is 2.06. The summed E-state index contributed by atoms with van der Waals surface area (Å²) in [5.74, 6) is -0.266. The number of rotatable bonds is 2. The zero-order valence-electron chi connectivity index (χ0n) is 7.34. The summed E-state index contributed by atoms with van der Waals surface area (Å²) in [6.45, 7) is 0.621. The SMILES string of the molecule is O=C(NC1=CCN=C1)c1cnccn1. The summed E-state index contributed by atoms with van der Waals surface area (Å²) in [7, 11) is 0. The smallest absolute Gasteiger partial charge is 0.275 e. The van der Waals surface area contributed by atoms with Gasteiger partial charge in [0.1, 0.15) is 5.69 Å². The van der Waals surface area contributed by atoms with Crippen LogP contribution in [0.25, 0.3) is 0 Å². The predicted molar refractivity (Wildman–Crippen MR) is 50.9 cm³/mol. The second-order valence-corrected chi connectivity index (χ2v) is 2.70. The molecule has 0 aliphatic carbocycles. The molecule has 0 aromatic carbocycles. The number of allylic oxidation sites excluding steroid dienone is 1. The lowest BCUT2D eigenvalue weighted by Gasteiger charge is -2.01. The first-order valence-corrected chi connectivity index (χ1v) is 4.13. The van der Waals surface area contributed by atoms with E-state index in [9.17, 15) is 4.79 Å². The Morgan fingerprint density at radius 3 is 3.00 bits per heavy atom. The molecular formula is C9H8N4O. The predicted octanol–water partition coefficient (Wildman–Crippen LogP) is 0.175. The quantitative estimate of drug-likeness (QED) is 0.719. The van der Waals surface area contributed by atoms with Gasteiger partial charge in [0.25, 0.3) is 5.91 Å². The number of aliphatic imine (C=N–C) groups is 1. The number of nitrogens with zero attached hydrogens (tertiary/aromatic N) is 3. The van der Waals surface area contributed by atoms with E-state index in [1.165, 1.54) is 18.6 Å². The molecule has 14 heavy (non-hydrogen) atoms. The molecule has 1 N–H and O–H groups in total. The van der Waals surface area contributed by atoms with E-state index in [2.05, 4.69) is 20.3 Å². The van der Waals surface area contributed by atoms with Crippen molar-refractivity contribution in [1.82, 2.24) is 15.3 Å². The molecule has 1 amide bonds. The Labute approximate surface area is 80.6 Å². The van der Waals surface area contributed by atoms with Crippen molar-refractivity contribution >= 4 is 12.1 Å². The van der Waals surface area contributed by atoms with E-state index in [-0.39, 0.29) is 5.91 Å². The van der Waals surface area contributed by atoms with Crippen LogP contribution in [-0.4, -0.2) is 28.6 Å². The van der Waals surface area contributed by atoms with Gasteiger partial charge < -0.3 is 5.32 Å². The van der Waals surface area contributed by atoms with Crippen molar-refractivity contribution in [1.29, 1.82) is 0 Å². The number of aromatic nitrogens is 2. The van der Waals surface area contributed by atoms with E-state index in [0.717, 1.165) is 0 Å². The minimum absolute atomic E-state index is 0.266. The van der Waals surface area contributed by atoms with E-state index in [1.54, 1.807) is 6.21 Å². The number of carbonyl (C=O) groups excluding carboxylic acids is 1. The molecule has 1 aliphatic rings. The van der Waals surface area contributed by atoms with Crippen molar-refractivity contribution in [3.8, 4) is 0 Å². The van der Waals surface area contributed by atoms with Crippen LogP contribution in [0.3, 0.4) is 0 Å². The highest BCUT2D eigenvalue weighted by molar-refractivity contribution is 5.97. The van der Waals surface area contributed by atoms with Gasteiger partial charge in [0.2, 0.25) is 0 Å². The van der Waals surface area contributed by atoms with E-state index >= 15 is 0 Å². The summed E-state index contributed by atoms with van der Waals surface area (Å²) >= 11 is 0. The van der Waals surface area contributed by atoms with E-state index in [1.807, 2.05) is 6.08 Å². The molecule has 2 heterocycles. The van der Waals surface area contributed by atoms with Crippen LogP contribution < -0.4 is 5.32 Å². The molecule has 0 radical (unpaired) electrons. The fourth-order valence-electron chi connectivity index (χ4n) is 1.05. The molecule has 0 fully saturated rings.